The Kier molecular flexibility index (Phi) is 5.79. The van der Waals surface area contributed by atoms with Gasteiger partial charge >= 0.3 is 5.97 Å². The Bertz CT molecular complexity index is 989. The number of carbonyl (C=O) groups is 1. The van der Waals surface area contributed by atoms with Crippen molar-refractivity contribution in [3.8, 4) is 5.69 Å². The van der Waals surface area contributed by atoms with Gasteiger partial charge in [-0.15, -0.1) is 5.10 Å². The summed E-state index contributed by atoms with van der Waals surface area (Å²) in [6.45, 7) is 4.23. The van der Waals surface area contributed by atoms with Gasteiger partial charge in [0.2, 0.25) is 0 Å². The van der Waals surface area contributed by atoms with E-state index >= 15 is 0 Å². The summed E-state index contributed by atoms with van der Waals surface area (Å²) >= 11 is 0. The maximum absolute atomic E-state index is 12.0. The molecule has 2 aromatic carbocycles. The summed E-state index contributed by atoms with van der Waals surface area (Å²) in [4.78, 5) is 12.0. The van der Waals surface area contributed by atoms with Gasteiger partial charge in [0, 0.05) is 5.69 Å². The monoisotopic (exact) mass is 405 g/mol. The lowest BCUT2D eigenvalue weighted by Crippen LogP contribution is -2.40. The minimum atomic E-state index is -0.336. The average molecular weight is 406 g/mol. The molecule has 3 aromatic rings. The lowest BCUT2D eigenvalue weighted by Gasteiger charge is -2.37. The van der Waals surface area contributed by atoms with E-state index in [1.807, 2.05) is 12.1 Å². The van der Waals surface area contributed by atoms with Crippen LogP contribution in [0.25, 0.3) is 5.69 Å². The number of tetrazole rings is 1. The summed E-state index contributed by atoms with van der Waals surface area (Å²) in [6.07, 6.45) is 5.37. The van der Waals surface area contributed by atoms with Crippen LogP contribution in [-0.4, -0.2) is 32.8 Å². The molecule has 1 aromatic heterocycles. The van der Waals surface area contributed by atoms with Crippen molar-refractivity contribution in [2.45, 2.75) is 51.5 Å². The molecule has 1 fully saturated rings. The number of anilines is 1. The van der Waals surface area contributed by atoms with Gasteiger partial charge in [0.05, 0.1) is 23.4 Å². The van der Waals surface area contributed by atoms with Crippen molar-refractivity contribution in [2.75, 3.05) is 11.9 Å². The van der Waals surface area contributed by atoms with Crippen LogP contribution < -0.4 is 5.32 Å². The SMILES string of the molecule is CCOC(=O)c1ccc(-n2nnnc2C2(Nc3ccc(C)cc3)CCCCC2)cc1. The van der Waals surface area contributed by atoms with E-state index in [9.17, 15) is 4.79 Å². The first-order valence-corrected chi connectivity index (χ1v) is 10.5. The Morgan fingerprint density at radius 1 is 1.07 bits per heavy atom. The molecule has 1 heterocycles. The second-order valence-corrected chi connectivity index (χ2v) is 7.82. The molecule has 4 rings (SSSR count). The van der Waals surface area contributed by atoms with Gasteiger partial charge < -0.3 is 10.1 Å². The zero-order chi connectivity index (χ0) is 21.0. The number of esters is 1. The summed E-state index contributed by atoms with van der Waals surface area (Å²) in [6, 6.07) is 15.6. The number of hydrogen-bond donors (Lipinski definition) is 1. The fourth-order valence-corrected chi connectivity index (χ4v) is 4.09. The molecule has 7 heteroatoms. The molecular formula is C23H27N5O2. The molecule has 0 aliphatic heterocycles. The van der Waals surface area contributed by atoms with E-state index in [0.717, 1.165) is 42.9 Å². The van der Waals surface area contributed by atoms with Crippen molar-refractivity contribution in [1.82, 2.24) is 20.2 Å². The molecule has 1 N–H and O–H groups in total. The molecule has 156 valence electrons. The minimum absolute atomic E-state index is 0.328. The highest BCUT2D eigenvalue weighted by molar-refractivity contribution is 5.89. The van der Waals surface area contributed by atoms with Crippen molar-refractivity contribution < 1.29 is 9.53 Å². The quantitative estimate of drug-likeness (QED) is 0.612. The predicted octanol–water partition coefficient (Wildman–Crippen LogP) is 4.42. The Labute approximate surface area is 176 Å². The minimum Gasteiger partial charge on any atom is -0.462 e. The van der Waals surface area contributed by atoms with Gasteiger partial charge in [-0.1, -0.05) is 37.0 Å². The van der Waals surface area contributed by atoms with Crippen molar-refractivity contribution >= 4 is 11.7 Å². The van der Waals surface area contributed by atoms with Gasteiger partial charge in [-0.3, -0.25) is 0 Å². The van der Waals surface area contributed by atoms with E-state index in [4.69, 9.17) is 4.74 Å². The fraction of sp³-hybridized carbons (Fsp3) is 0.391. The maximum Gasteiger partial charge on any atom is 0.338 e. The first-order chi connectivity index (χ1) is 14.6. The summed E-state index contributed by atoms with van der Waals surface area (Å²) < 4.78 is 6.85. The molecule has 0 unspecified atom stereocenters. The average Bonchev–Trinajstić information content (AvgIpc) is 3.27. The van der Waals surface area contributed by atoms with E-state index in [2.05, 4.69) is 52.0 Å². The summed E-state index contributed by atoms with van der Waals surface area (Å²) in [7, 11) is 0. The van der Waals surface area contributed by atoms with E-state index in [1.54, 1.807) is 23.7 Å². The van der Waals surface area contributed by atoms with Crippen LogP contribution in [0.2, 0.25) is 0 Å². The lowest BCUT2D eigenvalue weighted by molar-refractivity contribution is 0.0526. The summed E-state index contributed by atoms with van der Waals surface area (Å²) in [5.74, 6) is 0.470. The van der Waals surface area contributed by atoms with Crippen molar-refractivity contribution in [3.05, 3.63) is 65.5 Å². The Morgan fingerprint density at radius 3 is 2.43 bits per heavy atom. The largest absolute Gasteiger partial charge is 0.462 e. The number of nitrogens with zero attached hydrogens (tertiary/aromatic N) is 4. The fourth-order valence-electron chi connectivity index (χ4n) is 4.09. The molecule has 0 radical (unpaired) electrons. The molecular weight excluding hydrogens is 378 g/mol. The van der Waals surface area contributed by atoms with Gasteiger partial charge in [-0.05, 0) is 73.5 Å². The maximum atomic E-state index is 12.0. The van der Waals surface area contributed by atoms with Gasteiger partial charge in [-0.2, -0.15) is 4.68 Å². The number of carbonyl (C=O) groups excluding carboxylic acids is 1. The number of hydrogen-bond acceptors (Lipinski definition) is 6. The van der Waals surface area contributed by atoms with E-state index in [0.29, 0.717) is 12.2 Å². The number of nitrogens with one attached hydrogen (secondary N) is 1. The van der Waals surface area contributed by atoms with Crippen LogP contribution >= 0.6 is 0 Å². The van der Waals surface area contributed by atoms with Crippen LogP contribution in [0, 0.1) is 6.92 Å². The zero-order valence-electron chi connectivity index (χ0n) is 17.5. The van der Waals surface area contributed by atoms with Gasteiger partial charge in [0.1, 0.15) is 0 Å². The Balaban J connectivity index is 1.67. The number of rotatable bonds is 6. The Hall–Kier alpha value is -3.22. The highest BCUT2D eigenvalue weighted by Crippen LogP contribution is 2.39. The number of aryl methyl sites for hydroxylation is 1. The number of aromatic nitrogens is 4. The number of benzene rings is 2. The highest BCUT2D eigenvalue weighted by Gasteiger charge is 2.39. The molecule has 0 bridgehead atoms. The molecule has 0 saturated heterocycles. The molecule has 30 heavy (non-hydrogen) atoms. The van der Waals surface area contributed by atoms with Gasteiger partial charge in [-0.25, -0.2) is 4.79 Å². The van der Waals surface area contributed by atoms with Gasteiger partial charge in [0.25, 0.3) is 0 Å². The van der Waals surface area contributed by atoms with Crippen LogP contribution in [0.3, 0.4) is 0 Å². The van der Waals surface area contributed by atoms with Crippen molar-refractivity contribution in [1.29, 1.82) is 0 Å². The second kappa shape index (κ2) is 8.65. The van der Waals surface area contributed by atoms with Crippen LogP contribution in [0.5, 0.6) is 0 Å². The molecule has 0 atom stereocenters. The third-order valence-electron chi connectivity index (χ3n) is 5.66. The third kappa shape index (κ3) is 4.06. The van der Waals surface area contributed by atoms with Crippen LogP contribution in [0.4, 0.5) is 5.69 Å². The molecule has 0 spiro atoms. The summed E-state index contributed by atoms with van der Waals surface area (Å²) in [5.41, 5.74) is 3.29. The first-order valence-electron chi connectivity index (χ1n) is 10.5. The number of ether oxygens (including phenoxy) is 1. The topological polar surface area (TPSA) is 81.9 Å². The molecule has 7 nitrogen and oxygen atoms in total. The second-order valence-electron chi connectivity index (χ2n) is 7.82. The predicted molar refractivity (Wildman–Crippen MR) is 115 cm³/mol. The van der Waals surface area contributed by atoms with Crippen LogP contribution in [-0.2, 0) is 10.3 Å². The van der Waals surface area contributed by atoms with E-state index < -0.39 is 0 Å². The first kappa shape index (κ1) is 20.1. The van der Waals surface area contributed by atoms with Gasteiger partial charge in [0.15, 0.2) is 5.82 Å². The standard InChI is InChI=1S/C23H27N5O2/c1-3-30-21(29)18-9-13-20(14-10-18)28-22(25-26-27-28)23(15-5-4-6-16-23)24-19-11-7-17(2)8-12-19/h7-14,24H,3-6,15-16H2,1-2H3. The summed E-state index contributed by atoms with van der Waals surface area (Å²) in [5, 5.41) is 16.4. The third-order valence-corrected chi connectivity index (χ3v) is 5.66. The molecule has 0 amide bonds. The highest BCUT2D eigenvalue weighted by atomic mass is 16.5. The zero-order valence-corrected chi connectivity index (χ0v) is 17.5. The Morgan fingerprint density at radius 2 is 1.77 bits per heavy atom. The van der Waals surface area contributed by atoms with E-state index in [1.165, 1.54) is 12.0 Å². The van der Waals surface area contributed by atoms with Crippen molar-refractivity contribution in [2.24, 2.45) is 0 Å². The van der Waals surface area contributed by atoms with Crippen molar-refractivity contribution in [3.63, 3.8) is 0 Å². The molecule has 1 aliphatic rings. The normalized spacial score (nSPS) is 15.5. The molecule has 1 aliphatic carbocycles. The molecule has 1 saturated carbocycles. The van der Waals surface area contributed by atoms with Crippen LogP contribution in [0.1, 0.15) is 60.8 Å². The smallest absolute Gasteiger partial charge is 0.338 e. The van der Waals surface area contributed by atoms with Crippen LogP contribution in [0.15, 0.2) is 48.5 Å². The lowest BCUT2D eigenvalue weighted by atomic mass is 9.80. The van der Waals surface area contributed by atoms with E-state index in [-0.39, 0.29) is 11.5 Å².